The molecular formula is C59H48F8N14O9. The molecule has 6 heterocycles. The molecule has 0 aliphatic rings. The number of carbonyl (C=O) groups excluding carboxylic acids is 2. The second-order valence-corrected chi connectivity index (χ2v) is 17.9. The van der Waals surface area contributed by atoms with Crippen LogP contribution in [0.4, 0.5) is 67.7 Å². The van der Waals surface area contributed by atoms with E-state index in [1.807, 2.05) is 12.1 Å². The van der Waals surface area contributed by atoms with Gasteiger partial charge >= 0.3 is 24.5 Å². The average molecular weight is 1250 g/mol. The average Bonchev–Trinajstić information content (AvgIpc) is 1.46. The molecule has 11 aromatic rings. The van der Waals surface area contributed by atoms with Gasteiger partial charge in [-0.25, -0.2) is 47.7 Å². The Morgan fingerprint density at radius 1 is 0.500 bits per heavy atom. The van der Waals surface area contributed by atoms with E-state index < -0.39 is 47.5 Å². The van der Waals surface area contributed by atoms with Gasteiger partial charge in [0.2, 0.25) is 11.8 Å². The largest absolute Gasteiger partial charge is 0.493 e. The summed E-state index contributed by atoms with van der Waals surface area (Å²) in [5, 5.41) is 15.0. The maximum absolute atomic E-state index is 13.7. The maximum Gasteiger partial charge on any atom is 0.435 e. The lowest BCUT2D eigenvalue weighted by Gasteiger charge is -2.12. The molecule has 3 amide bonds. The number of aromatic nitrogens is 10. The first-order valence-electron chi connectivity index (χ1n) is 25.4. The zero-order valence-corrected chi connectivity index (χ0v) is 46.3. The zero-order chi connectivity index (χ0) is 63.4. The topological polar surface area (TPSA) is 274 Å². The molecule has 0 fully saturated rings. The predicted molar refractivity (Wildman–Crippen MR) is 311 cm³/mol. The van der Waals surface area contributed by atoms with Crippen molar-refractivity contribution in [3.8, 4) is 63.4 Å². The highest BCUT2D eigenvalue weighted by molar-refractivity contribution is 5.99. The number of nitrogen functional groups attached to an aromatic ring is 1. The van der Waals surface area contributed by atoms with Crippen molar-refractivity contribution in [3.63, 3.8) is 0 Å². The van der Waals surface area contributed by atoms with Crippen molar-refractivity contribution in [3.05, 3.63) is 188 Å². The molecule has 31 heteroatoms. The monoisotopic (exact) mass is 1250 g/mol. The normalized spacial score (nSPS) is 10.9. The van der Waals surface area contributed by atoms with Gasteiger partial charge in [0.25, 0.3) is 0 Å². The molecule has 11 rings (SSSR count). The van der Waals surface area contributed by atoms with Crippen LogP contribution in [-0.4, -0.2) is 90.0 Å². The first-order valence-corrected chi connectivity index (χ1v) is 25.4. The third kappa shape index (κ3) is 15.9. The van der Waals surface area contributed by atoms with E-state index in [9.17, 15) is 44.7 Å². The summed E-state index contributed by atoms with van der Waals surface area (Å²) in [6.07, 6.45) is -3.89. The number of nitrogens with one attached hydrogen (secondary N) is 3. The zero-order valence-electron chi connectivity index (χ0n) is 46.3. The Balaban J connectivity index is 0.000000184. The molecule has 0 spiro atoms. The fourth-order valence-corrected chi connectivity index (χ4v) is 7.97. The van der Waals surface area contributed by atoms with E-state index >= 15 is 0 Å². The number of urea groups is 1. The van der Waals surface area contributed by atoms with Crippen molar-refractivity contribution in [1.82, 2.24) is 49.5 Å². The molecule has 0 aliphatic heterocycles. The molecule has 0 saturated heterocycles. The molecule has 23 nitrogen and oxygen atoms in total. The Bertz CT molecular complexity index is 4330. The fourth-order valence-electron chi connectivity index (χ4n) is 7.97. The van der Waals surface area contributed by atoms with Crippen molar-refractivity contribution >= 4 is 56.9 Å². The van der Waals surface area contributed by atoms with Gasteiger partial charge < -0.3 is 44.2 Å². The smallest absolute Gasteiger partial charge is 0.435 e. The van der Waals surface area contributed by atoms with Gasteiger partial charge in [-0.1, -0.05) is 37.8 Å². The molecule has 0 bridgehead atoms. The molecule has 90 heavy (non-hydrogen) atoms. The Hall–Kier alpha value is -11.9. The number of halogens is 8. The van der Waals surface area contributed by atoms with Gasteiger partial charge in [0.1, 0.15) is 53.2 Å². The number of nitrogens with two attached hydrogens (primary N) is 1. The van der Waals surface area contributed by atoms with E-state index in [0.29, 0.717) is 73.5 Å². The second-order valence-electron chi connectivity index (χ2n) is 17.9. The fraction of sp³-hybridized carbons (Fsp3) is 0.119. The Labute approximate surface area is 504 Å². The van der Waals surface area contributed by atoms with Crippen LogP contribution in [0.2, 0.25) is 0 Å². The Morgan fingerprint density at radius 2 is 0.956 bits per heavy atom. The van der Waals surface area contributed by atoms with E-state index in [2.05, 4.69) is 56.1 Å². The van der Waals surface area contributed by atoms with Crippen molar-refractivity contribution in [2.24, 2.45) is 0 Å². The summed E-state index contributed by atoms with van der Waals surface area (Å²) in [6.45, 7) is 0. The minimum atomic E-state index is -4.81. The number of fused-ring (bicyclic) bond motifs is 2. The van der Waals surface area contributed by atoms with Crippen LogP contribution >= 0.6 is 0 Å². The van der Waals surface area contributed by atoms with E-state index in [-0.39, 0.29) is 53.5 Å². The van der Waals surface area contributed by atoms with Crippen molar-refractivity contribution in [2.75, 3.05) is 50.1 Å². The summed E-state index contributed by atoms with van der Waals surface area (Å²) in [4.78, 5) is 48.7. The third-order valence-corrected chi connectivity index (χ3v) is 11.9. The molecule has 464 valence electrons. The van der Waals surface area contributed by atoms with Gasteiger partial charge in [-0.3, -0.25) is 20.6 Å². The van der Waals surface area contributed by atoms with Gasteiger partial charge in [-0.05, 0) is 48.5 Å². The molecule has 6 aromatic heterocycles. The minimum absolute atomic E-state index is 0. The van der Waals surface area contributed by atoms with Crippen LogP contribution in [-0.2, 0) is 12.4 Å². The molecule has 0 saturated carbocycles. The number of para-hydroxylation sites is 1. The Kier molecular flexibility index (Phi) is 20.0. The molecule has 5 aromatic carbocycles. The summed E-state index contributed by atoms with van der Waals surface area (Å²) in [5.74, 6) is 1.51. The molecule has 5 N–H and O–H groups in total. The van der Waals surface area contributed by atoms with E-state index in [0.717, 1.165) is 47.0 Å². The highest BCUT2D eigenvalue weighted by Crippen LogP contribution is 2.39. The number of hydrogen-bond donors (Lipinski definition) is 4. The number of anilines is 4. The SMILES string of the molecule is C.COc1cc2ncnc(Oc3cccc(N)c3)c2cc1OC.COc1cc2ncnc(Oc3cccc(NC(=O)Nc4cc(C(F)(F)F)nn4-c4cncc(F)c4)c3)c2cc1OC.O=C(Nc1cc(C(F)(F)F)nn1-c1cncc(F)c1)Oc1ccccc1. The lowest BCUT2D eigenvalue weighted by Crippen LogP contribution is -2.21. The molecule has 0 atom stereocenters. The van der Waals surface area contributed by atoms with E-state index in [4.69, 9.17) is 38.9 Å². The predicted octanol–water partition coefficient (Wildman–Crippen LogP) is 13.5. The number of rotatable bonds is 14. The summed E-state index contributed by atoms with van der Waals surface area (Å²) >= 11 is 0. The second kappa shape index (κ2) is 28.1. The summed E-state index contributed by atoms with van der Waals surface area (Å²) < 4.78 is 145. The number of hydrogen-bond acceptors (Lipinski definition) is 18. The maximum atomic E-state index is 13.7. The number of nitrogens with zero attached hydrogens (tertiary/aromatic N) is 10. The van der Waals surface area contributed by atoms with Gasteiger partial charge in [0.05, 0.1) is 86.4 Å². The van der Waals surface area contributed by atoms with Gasteiger partial charge in [-0.15, -0.1) is 0 Å². The number of benzene rings is 5. The van der Waals surface area contributed by atoms with Gasteiger partial charge in [0, 0.05) is 59.9 Å². The quantitative estimate of drug-likeness (QED) is 0.0582. The van der Waals surface area contributed by atoms with Crippen LogP contribution in [0.1, 0.15) is 18.8 Å². The summed E-state index contributed by atoms with van der Waals surface area (Å²) in [7, 11) is 6.14. The van der Waals surface area contributed by atoms with Crippen LogP contribution in [0, 0.1) is 11.6 Å². The highest BCUT2D eigenvalue weighted by atomic mass is 19.4. The van der Waals surface area contributed by atoms with Gasteiger partial charge in [-0.2, -0.15) is 36.5 Å². The standard InChI is InChI=1S/C26H19F4N7O4.C16H10F4N4O2.C16H15N3O3.CH4/c1-39-20-8-18-19(9-21(20)40-2)32-13-33-24(18)41-17-5-3-4-15(7-17)34-25(38)35-23-10-22(26(28,29)30)36-37(23)16-6-14(27)11-31-12-16;17-10-6-11(9-21-8-10)24-14(7-13(23-24)16(18,19)20)22-15(25)26-12-4-2-1-3-5-12;1-20-14-7-12-13(8-15(14)21-2)18-9-19-16(12)22-11-5-3-4-10(17)6-11;/h3-13H,1-2H3,(H2,34,35,38);1-9H,(H,22,25);3-9H,17H2,1-2H3;1H4. The molecule has 0 unspecified atom stereocenters. The first-order chi connectivity index (χ1) is 42.7. The number of ether oxygens (including phenoxy) is 7. The summed E-state index contributed by atoms with van der Waals surface area (Å²) in [6, 6.07) is 30.4. The number of carbonyl (C=O) groups is 2. The van der Waals surface area contributed by atoms with Crippen molar-refractivity contribution < 1.29 is 77.9 Å². The third-order valence-electron chi connectivity index (χ3n) is 11.9. The van der Waals surface area contributed by atoms with Gasteiger partial charge in [0.15, 0.2) is 34.4 Å². The lowest BCUT2D eigenvalue weighted by atomic mass is 10.2. The number of alkyl halides is 6. The first kappa shape index (κ1) is 64.1. The Morgan fingerprint density at radius 3 is 1.42 bits per heavy atom. The van der Waals surface area contributed by atoms with Crippen molar-refractivity contribution in [1.29, 1.82) is 0 Å². The minimum Gasteiger partial charge on any atom is -0.493 e. The highest BCUT2D eigenvalue weighted by Gasteiger charge is 2.37. The molecule has 0 radical (unpaired) electrons. The number of pyridine rings is 2. The number of amides is 3. The van der Waals surface area contributed by atoms with Crippen LogP contribution in [0.25, 0.3) is 33.2 Å². The van der Waals surface area contributed by atoms with Crippen molar-refractivity contribution in [2.45, 2.75) is 19.8 Å². The number of methoxy groups -OCH3 is 4. The van der Waals surface area contributed by atoms with Crippen LogP contribution in [0.3, 0.4) is 0 Å². The van der Waals surface area contributed by atoms with Crippen LogP contribution < -0.4 is 54.8 Å². The van der Waals surface area contributed by atoms with E-state index in [1.165, 1.54) is 51.1 Å². The molecule has 0 aliphatic carbocycles. The van der Waals surface area contributed by atoms with E-state index in [1.54, 1.807) is 80.9 Å². The van der Waals surface area contributed by atoms with Crippen LogP contribution in [0.15, 0.2) is 165 Å². The van der Waals surface area contributed by atoms with Crippen LogP contribution in [0.5, 0.6) is 52.0 Å². The lowest BCUT2D eigenvalue weighted by molar-refractivity contribution is -0.142. The summed E-state index contributed by atoms with van der Waals surface area (Å²) in [5.41, 5.74) is 5.07. The molecular weight excluding hydrogens is 1200 g/mol.